The zero-order valence-corrected chi connectivity index (χ0v) is 59.1. The van der Waals surface area contributed by atoms with Gasteiger partial charge in [0.2, 0.25) is 0 Å². The molecule has 88 heavy (non-hydrogen) atoms. The van der Waals surface area contributed by atoms with Crippen LogP contribution in [0, 0.1) is 23.7 Å². The lowest BCUT2D eigenvalue weighted by Crippen LogP contribution is -2.30. The van der Waals surface area contributed by atoms with Crippen LogP contribution in [-0.2, 0) is 65.4 Å². The second kappa shape index (κ2) is 58.8. The summed E-state index contributed by atoms with van der Waals surface area (Å²) in [6, 6.07) is 0. The van der Waals surface area contributed by atoms with Crippen molar-refractivity contribution < 1.29 is 80.2 Å². The number of hydrogen-bond acceptors (Lipinski definition) is 15. The monoisotopic (exact) mass is 1300 g/mol. The van der Waals surface area contributed by atoms with Crippen molar-refractivity contribution >= 4 is 39.5 Å². The van der Waals surface area contributed by atoms with E-state index in [0.717, 1.165) is 114 Å². The fourth-order valence-electron chi connectivity index (χ4n) is 10.2. The number of hydrogen-bond donors (Lipinski definition) is 3. The van der Waals surface area contributed by atoms with Crippen molar-refractivity contribution in [1.29, 1.82) is 0 Å². The van der Waals surface area contributed by atoms with Crippen LogP contribution in [0.2, 0.25) is 0 Å². The molecule has 0 spiro atoms. The van der Waals surface area contributed by atoms with Crippen molar-refractivity contribution in [3.63, 3.8) is 0 Å². The molecule has 0 saturated heterocycles. The summed E-state index contributed by atoms with van der Waals surface area (Å²) in [5, 5.41) is 10.6. The normalized spacial score (nSPS) is 14.9. The van der Waals surface area contributed by atoms with E-state index in [1.54, 1.807) is 0 Å². The van der Waals surface area contributed by atoms with E-state index in [1.165, 1.54) is 135 Å². The van der Waals surface area contributed by atoms with Crippen molar-refractivity contribution in [1.82, 2.24) is 0 Å². The average Bonchev–Trinajstić information content (AvgIpc) is 3.60. The quantitative estimate of drug-likeness (QED) is 0.0222. The van der Waals surface area contributed by atoms with Gasteiger partial charge in [-0.25, -0.2) is 9.13 Å². The highest BCUT2D eigenvalue weighted by Gasteiger charge is 2.30. The fraction of sp³-hybridized carbons (Fsp3) is 0.942. The van der Waals surface area contributed by atoms with Gasteiger partial charge in [-0.15, -0.1) is 0 Å². The Morgan fingerprint density at radius 3 is 0.807 bits per heavy atom. The number of phosphoric ester groups is 2. The van der Waals surface area contributed by atoms with Crippen LogP contribution in [0.5, 0.6) is 0 Å². The third kappa shape index (κ3) is 60.3. The summed E-state index contributed by atoms with van der Waals surface area (Å²) in [6.45, 7) is 14.1. The van der Waals surface area contributed by atoms with E-state index in [0.29, 0.717) is 31.6 Å². The second-order valence-corrected chi connectivity index (χ2v) is 29.3. The van der Waals surface area contributed by atoms with E-state index >= 15 is 0 Å². The SMILES string of the molecule is CCC(C)CCCCCCCCCCCCC(=O)O[C@H](COC(=O)CCCCCCCCCCCC(C)C)COP(=O)(O)OCC(O)COP(=O)(O)OC[C@@H](COC(=O)CCCCCCCCCC(C)C)OC(=O)CCCCCCCCCCC(C)CC. The largest absolute Gasteiger partial charge is 0.472 e. The van der Waals surface area contributed by atoms with Gasteiger partial charge in [-0.05, 0) is 49.4 Å². The van der Waals surface area contributed by atoms with Crippen LogP contribution < -0.4 is 0 Å². The van der Waals surface area contributed by atoms with Crippen LogP contribution in [0.15, 0.2) is 0 Å². The zero-order valence-electron chi connectivity index (χ0n) is 57.3. The Morgan fingerprint density at radius 1 is 0.318 bits per heavy atom. The van der Waals surface area contributed by atoms with E-state index < -0.39 is 97.5 Å². The van der Waals surface area contributed by atoms with Gasteiger partial charge in [0.15, 0.2) is 12.2 Å². The lowest BCUT2D eigenvalue weighted by atomic mass is 9.99. The van der Waals surface area contributed by atoms with Crippen molar-refractivity contribution in [2.45, 2.75) is 356 Å². The minimum absolute atomic E-state index is 0.104. The van der Waals surface area contributed by atoms with Gasteiger partial charge in [-0.3, -0.25) is 37.3 Å². The number of ether oxygens (including phenoxy) is 4. The zero-order chi connectivity index (χ0) is 65.4. The molecule has 0 aromatic heterocycles. The molecule has 0 heterocycles. The number of aliphatic hydroxyl groups is 1. The van der Waals surface area contributed by atoms with Crippen LogP contribution in [0.1, 0.15) is 338 Å². The molecule has 0 aliphatic rings. The van der Waals surface area contributed by atoms with Gasteiger partial charge in [0.1, 0.15) is 19.3 Å². The summed E-state index contributed by atoms with van der Waals surface area (Å²) in [5.74, 6) is 0.889. The number of carbonyl (C=O) groups is 4. The third-order valence-corrected chi connectivity index (χ3v) is 18.4. The smallest absolute Gasteiger partial charge is 0.462 e. The number of unbranched alkanes of at least 4 members (excludes halogenated alkanes) is 30. The molecule has 0 bridgehead atoms. The predicted octanol–water partition coefficient (Wildman–Crippen LogP) is 19.3. The van der Waals surface area contributed by atoms with E-state index in [2.05, 4.69) is 55.4 Å². The summed E-state index contributed by atoms with van der Waals surface area (Å²) >= 11 is 0. The molecule has 0 rings (SSSR count). The standard InChI is InChI=1S/C69H134O17P2/c1-9-61(7)47-39-31-23-15-11-12-16-26-35-43-51-68(73)85-64(55-79-66(71)49-41-33-25-17-13-14-21-29-37-45-59(3)4)57-83-87(75,76)81-53-63(70)54-82-88(77,78)84-58-65(56-80-67(72)50-42-34-28-20-22-30-38-46-60(5)6)86-69(74)52-44-36-27-19-18-24-32-40-48-62(8)10-2/h59-65,70H,9-58H2,1-8H3,(H,75,76)(H,77,78)/t61?,62?,63?,64-,65-/m1/s1. The maximum atomic E-state index is 13.0. The van der Waals surface area contributed by atoms with Gasteiger partial charge in [0, 0.05) is 25.7 Å². The Kier molecular flexibility index (Phi) is 57.6. The van der Waals surface area contributed by atoms with Gasteiger partial charge >= 0.3 is 39.5 Å². The first-order valence-electron chi connectivity index (χ1n) is 35.8. The summed E-state index contributed by atoms with van der Waals surface area (Å²) in [7, 11) is -9.90. The topological polar surface area (TPSA) is 237 Å². The Bertz CT molecular complexity index is 1750. The molecule has 0 radical (unpaired) electrons. The molecule has 0 amide bonds. The van der Waals surface area contributed by atoms with Crippen LogP contribution in [0.25, 0.3) is 0 Å². The minimum atomic E-state index is -4.95. The maximum absolute atomic E-state index is 13.0. The summed E-state index contributed by atoms with van der Waals surface area (Å²) < 4.78 is 68.2. The third-order valence-electron chi connectivity index (χ3n) is 16.5. The fourth-order valence-corrected chi connectivity index (χ4v) is 11.8. The van der Waals surface area contributed by atoms with Gasteiger partial charge in [0.05, 0.1) is 26.4 Å². The van der Waals surface area contributed by atoms with Gasteiger partial charge in [-0.1, -0.05) is 287 Å². The minimum Gasteiger partial charge on any atom is -0.462 e. The van der Waals surface area contributed by atoms with Gasteiger partial charge in [0.25, 0.3) is 0 Å². The number of carbonyl (C=O) groups excluding carboxylic acids is 4. The van der Waals surface area contributed by atoms with Crippen molar-refractivity contribution in [2.24, 2.45) is 23.7 Å². The van der Waals surface area contributed by atoms with Crippen LogP contribution in [-0.4, -0.2) is 96.7 Å². The second-order valence-electron chi connectivity index (χ2n) is 26.4. The number of rotatable bonds is 66. The lowest BCUT2D eigenvalue weighted by Gasteiger charge is -2.21. The van der Waals surface area contributed by atoms with Crippen molar-refractivity contribution in [2.75, 3.05) is 39.6 Å². The van der Waals surface area contributed by atoms with E-state index in [9.17, 15) is 43.2 Å². The first-order valence-corrected chi connectivity index (χ1v) is 38.8. The highest BCUT2D eigenvalue weighted by atomic mass is 31.2. The Morgan fingerprint density at radius 2 is 0.545 bits per heavy atom. The van der Waals surface area contributed by atoms with Gasteiger partial charge in [-0.2, -0.15) is 0 Å². The average molecular weight is 1300 g/mol. The van der Waals surface area contributed by atoms with Crippen molar-refractivity contribution in [3.05, 3.63) is 0 Å². The first-order chi connectivity index (χ1) is 42.2. The first kappa shape index (κ1) is 86.1. The molecule has 17 nitrogen and oxygen atoms in total. The van der Waals surface area contributed by atoms with Crippen molar-refractivity contribution in [3.8, 4) is 0 Å². The summed E-state index contributed by atoms with van der Waals surface area (Å²) in [6.07, 6.45) is 40.2. The Balaban J connectivity index is 5.27. The molecule has 5 unspecified atom stereocenters. The molecule has 3 N–H and O–H groups in total. The molecule has 0 aromatic rings. The molecule has 0 fully saturated rings. The molecular weight excluding hydrogens is 1160 g/mol. The molecule has 0 aromatic carbocycles. The lowest BCUT2D eigenvalue weighted by molar-refractivity contribution is -0.161. The maximum Gasteiger partial charge on any atom is 0.472 e. The van der Waals surface area contributed by atoms with Crippen LogP contribution in [0.3, 0.4) is 0 Å². The molecule has 19 heteroatoms. The molecule has 0 aliphatic heterocycles. The van der Waals surface area contributed by atoms with E-state index in [1.807, 2.05) is 0 Å². The van der Waals surface area contributed by atoms with Gasteiger partial charge < -0.3 is 33.8 Å². The Hall–Kier alpha value is -1.94. The number of phosphoric acid groups is 2. The number of aliphatic hydroxyl groups excluding tert-OH is 1. The molecule has 0 aliphatic carbocycles. The van der Waals surface area contributed by atoms with E-state index in [-0.39, 0.29) is 25.7 Å². The van der Waals surface area contributed by atoms with E-state index in [4.69, 9.17) is 37.0 Å². The molecule has 7 atom stereocenters. The highest BCUT2D eigenvalue weighted by Crippen LogP contribution is 2.45. The van der Waals surface area contributed by atoms with Crippen LogP contribution in [0.4, 0.5) is 0 Å². The predicted molar refractivity (Wildman–Crippen MR) is 354 cm³/mol. The Labute approximate surface area is 537 Å². The molecule has 0 saturated carbocycles. The highest BCUT2D eigenvalue weighted by molar-refractivity contribution is 7.47. The number of esters is 4. The van der Waals surface area contributed by atoms with Crippen LogP contribution >= 0.6 is 15.6 Å². The molecule has 522 valence electrons. The molecular formula is C69H134O17P2. The summed E-state index contributed by atoms with van der Waals surface area (Å²) in [4.78, 5) is 72.5. The summed E-state index contributed by atoms with van der Waals surface area (Å²) in [5.41, 5.74) is 0.